The quantitative estimate of drug-likeness (QED) is 0.657. The predicted molar refractivity (Wildman–Crippen MR) is 81.0 cm³/mol. The molecular weight excluding hydrogens is 268 g/mol. The summed E-state index contributed by atoms with van der Waals surface area (Å²) in [5.41, 5.74) is -0.178. The molecule has 2 rings (SSSR count). The Labute approximate surface area is 135 Å². The zero-order valence-corrected chi connectivity index (χ0v) is 12.5. The van der Waals surface area contributed by atoms with Crippen LogP contribution >= 0.6 is 0 Å². The second kappa shape index (κ2) is 9.11. The number of carboxylic acid groups (broad SMARTS) is 2. The minimum atomic E-state index is -1.24. The fraction of sp³-hybridized carbons (Fsp3) is 0.0667. The van der Waals surface area contributed by atoms with Crippen LogP contribution in [0.4, 0.5) is 0 Å². The molecular formula is C15H16MgO4. The fourth-order valence-corrected chi connectivity index (χ4v) is 1.38. The molecule has 0 bridgehead atoms. The first-order chi connectivity index (χ1) is 9.00. The maximum Gasteiger partial charge on any atom is 2.00 e. The van der Waals surface area contributed by atoms with E-state index >= 15 is 0 Å². The number of hydrogen-bond acceptors (Lipinski definition) is 2. The first-order valence-electron chi connectivity index (χ1n) is 5.59. The maximum atomic E-state index is 9.90. The topological polar surface area (TPSA) is 74.6 Å². The summed E-state index contributed by atoms with van der Waals surface area (Å²) in [6.07, 6.45) is 0.641. The van der Waals surface area contributed by atoms with Gasteiger partial charge < -0.3 is 13.1 Å². The summed E-state index contributed by atoms with van der Waals surface area (Å²) in [6.45, 7) is 1.22. The van der Waals surface area contributed by atoms with Crippen molar-refractivity contribution in [1.29, 1.82) is 0 Å². The summed E-state index contributed by atoms with van der Waals surface area (Å²) in [4.78, 5) is 19.7. The van der Waals surface area contributed by atoms with Gasteiger partial charge in [0, 0.05) is 11.6 Å². The van der Waals surface area contributed by atoms with E-state index < -0.39 is 11.9 Å². The molecule has 0 radical (unpaired) electrons. The second-order valence-electron chi connectivity index (χ2n) is 3.82. The molecule has 0 aromatic heterocycles. The average Bonchev–Trinajstić information content (AvgIpc) is 2.39. The molecule has 0 heterocycles. The monoisotopic (exact) mass is 284 g/mol. The second-order valence-corrected chi connectivity index (χ2v) is 3.82. The van der Waals surface area contributed by atoms with Gasteiger partial charge in [-0.2, -0.15) is 0 Å². The minimum Gasteiger partial charge on any atom is -1.00 e. The van der Waals surface area contributed by atoms with E-state index in [1.165, 1.54) is 17.7 Å². The van der Waals surface area contributed by atoms with Crippen molar-refractivity contribution in [2.75, 3.05) is 0 Å². The van der Waals surface area contributed by atoms with E-state index in [2.05, 4.69) is 48.5 Å². The van der Waals surface area contributed by atoms with Gasteiger partial charge in [0.1, 0.15) is 0 Å². The molecule has 0 spiro atoms. The number of carboxylic acids is 2. The van der Waals surface area contributed by atoms with Gasteiger partial charge in [0.05, 0.1) is 0 Å². The molecule has 2 aromatic rings. The molecule has 20 heavy (non-hydrogen) atoms. The first-order valence-corrected chi connectivity index (χ1v) is 5.59. The molecule has 0 atom stereocenters. The summed E-state index contributed by atoms with van der Waals surface area (Å²) < 4.78 is 0. The van der Waals surface area contributed by atoms with Crippen LogP contribution in [0.5, 0.6) is 0 Å². The Balaban J connectivity index is -0.000000291. The van der Waals surface area contributed by atoms with Crippen molar-refractivity contribution in [3.8, 4) is 0 Å². The Morgan fingerprint density at radius 2 is 1.30 bits per heavy atom. The minimum absolute atomic E-state index is 0. The SMILES string of the molecule is CC(=CC(=O)O)C(=O)O.[H-].[H-].[Mg+2].c1ccc2ccccc2c1. The van der Waals surface area contributed by atoms with Crippen molar-refractivity contribution < 1.29 is 22.7 Å². The van der Waals surface area contributed by atoms with Crippen molar-refractivity contribution in [3.05, 3.63) is 60.2 Å². The van der Waals surface area contributed by atoms with Crippen molar-refractivity contribution in [2.24, 2.45) is 0 Å². The Morgan fingerprint density at radius 3 is 1.50 bits per heavy atom. The fourth-order valence-electron chi connectivity index (χ4n) is 1.38. The van der Waals surface area contributed by atoms with Crippen LogP contribution in [0.15, 0.2) is 60.2 Å². The molecule has 0 saturated heterocycles. The van der Waals surface area contributed by atoms with Crippen LogP contribution in [0.1, 0.15) is 9.78 Å². The summed E-state index contributed by atoms with van der Waals surface area (Å²) in [5, 5.41) is 18.7. The molecule has 0 amide bonds. The number of benzene rings is 2. The number of hydrogen-bond donors (Lipinski definition) is 2. The van der Waals surface area contributed by atoms with Gasteiger partial charge in [0.15, 0.2) is 0 Å². The molecule has 102 valence electrons. The van der Waals surface area contributed by atoms with Gasteiger partial charge in [-0.15, -0.1) is 0 Å². The molecule has 0 aliphatic carbocycles. The Morgan fingerprint density at radius 1 is 0.950 bits per heavy atom. The number of rotatable bonds is 2. The van der Waals surface area contributed by atoms with Gasteiger partial charge in [0.2, 0.25) is 0 Å². The Kier molecular flexibility index (Phi) is 8.27. The van der Waals surface area contributed by atoms with Gasteiger partial charge >= 0.3 is 35.0 Å². The Bertz CT molecular complexity index is 564. The van der Waals surface area contributed by atoms with Crippen LogP contribution in [0.2, 0.25) is 0 Å². The maximum absolute atomic E-state index is 9.90. The first kappa shape index (κ1) is 18.1. The predicted octanol–water partition coefficient (Wildman–Crippen LogP) is 2.79. The number of aliphatic carboxylic acids is 2. The van der Waals surface area contributed by atoms with E-state index in [0.717, 1.165) is 0 Å². The molecule has 5 heteroatoms. The van der Waals surface area contributed by atoms with E-state index in [-0.39, 0.29) is 31.5 Å². The van der Waals surface area contributed by atoms with Gasteiger partial charge in [0.25, 0.3) is 0 Å². The molecule has 4 nitrogen and oxygen atoms in total. The van der Waals surface area contributed by atoms with E-state index in [1.54, 1.807) is 0 Å². The van der Waals surface area contributed by atoms with Gasteiger partial charge in [-0.25, -0.2) is 9.59 Å². The summed E-state index contributed by atoms with van der Waals surface area (Å²) in [7, 11) is 0. The van der Waals surface area contributed by atoms with E-state index in [1.807, 2.05) is 0 Å². The number of fused-ring (bicyclic) bond motifs is 1. The van der Waals surface area contributed by atoms with Crippen molar-refractivity contribution >= 4 is 45.8 Å². The molecule has 2 N–H and O–H groups in total. The molecule has 0 unspecified atom stereocenters. The summed E-state index contributed by atoms with van der Waals surface area (Å²) in [5.74, 6) is -2.45. The van der Waals surface area contributed by atoms with Crippen LogP contribution in [-0.4, -0.2) is 45.2 Å². The van der Waals surface area contributed by atoms with Crippen molar-refractivity contribution in [3.63, 3.8) is 0 Å². The average molecular weight is 285 g/mol. The normalized spacial score (nSPS) is 9.95. The molecule has 0 saturated carbocycles. The zero-order valence-electron chi connectivity index (χ0n) is 13.1. The summed E-state index contributed by atoms with van der Waals surface area (Å²) in [6, 6.07) is 16.7. The van der Waals surface area contributed by atoms with Crippen LogP contribution in [0.25, 0.3) is 10.8 Å². The third-order valence-corrected chi connectivity index (χ3v) is 2.34. The van der Waals surface area contributed by atoms with Gasteiger partial charge in [-0.05, 0) is 17.7 Å². The van der Waals surface area contributed by atoms with Gasteiger partial charge in [-0.1, -0.05) is 48.5 Å². The summed E-state index contributed by atoms with van der Waals surface area (Å²) >= 11 is 0. The zero-order chi connectivity index (χ0) is 14.3. The largest absolute Gasteiger partial charge is 2.00 e. The van der Waals surface area contributed by atoms with E-state index in [9.17, 15) is 9.59 Å². The standard InChI is InChI=1S/C10H8.C5H6O4.Mg.2H/c1-2-6-10-8-4-3-7-9(10)5-1;1-3(5(8)9)2-4(6)7;;;/h1-8H;2H,1H3,(H,6,7)(H,8,9);;;/q;;+2;2*-1. The van der Waals surface area contributed by atoms with Crippen LogP contribution in [-0.2, 0) is 9.59 Å². The molecule has 0 aliphatic rings. The molecule has 0 aliphatic heterocycles. The Hall–Kier alpha value is -1.85. The van der Waals surface area contributed by atoms with Crippen molar-refractivity contribution in [1.82, 2.24) is 0 Å². The van der Waals surface area contributed by atoms with Crippen LogP contribution < -0.4 is 0 Å². The molecule has 0 fully saturated rings. The van der Waals surface area contributed by atoms with Gasteiger partial charge in [-0.3, -0.25) is 0 Å². The smallest absolute Gasteiger partial charge is 1.00 e. The third-order valence-electron chi connectivity index (χ3n) is 2.34. The molecule has 2 aromatic carbocycles. The van der Waals surface area contributed by atoms with E-state index in [4.69, 9.17) is 10.2 Å². The number of carbonyl (C=O) groups is 2. The van der Waals surface area contributed by atoms with Crippen LogP contribution in [0, 0.1) is 0 Å². The van der Waals surface area contributed by atoms with E-state index in [0.29, 0.717) is 6.08 Å². The van der Waals surface area contributed by atoms with Crippen LogP contribution in [0.3, 0.4) is 0 Å². The third kappa shape index (κ3) is 6.35. The van der Waals surface area contributed by atoms with Crippen molar-refractivity contribution in [2.45, 2.75) is 6.92 Å².